The fourth-order valence-corrected chi connectivity index (χ4v) is 1.97. The van der Waals surface area contributed by atoms with Crippen molar-refractivity contribution < 1.29 is 14.8 Å². The van der Waals surface area contributed by atoms with E-state index in [-0.39, 0.29) is 0 Å². The summed E-state index contributed by atoms with van der Waals surface area (Å²) in [4.78, 5) is 25.2. The Morgan fingerprint density at radius 2 is 2.19 bits per heavy atom. The molecule has 0 aliphatic rings. The number of aryl methyl sites for hydroxylation is 1. The molecule has 10 heteroatoms. The average molecular weight is 288 g/mol. The normalized spacial score (nSPS) is 10.9. The maximum Gasteiger partial charge on any atom is 0.363 e. The van der Waals surface area contributed by atoms with E-state index in [0.29, 0.717) is 11.5 Å². The molecule has 0 spiro atoms. The van der Waals surface area contributed by atoms with Crippen LogP contribution in [-0.2, 0) is 0 Å². The SMILES string of the molecule is Cc1cc(-n2cc([N+](=O)[O-])c(C(=O)O)n2)n2ncnc2c1. The highest BCUT2D eigenvalue weighted by Gasteiger charge is 2.26. The van der Waals surface area contributed by atoms with E-state index < -0.39 is 22.3 Å². The van der Waals surface area contributed by atoms with E-state index in [1.165, 1.54) is 10.8 Å². The van der Waals surface area contributed by atoms with Crippen LogP contribution in [0.1, 0.15) is 16.1 Å². The van der Waals surface area contributed by atoms with Crippen molar-refractivity contribution in [2.24, 2.45) is 0 Å². The first-order valence-electron chi connectivity index (χ1n) is 5.75. The van der Waals surface area contributed by atoms with Crippen LogP contribution in [0.4, 0.5) is 5.69 Å². The smallest absolute Gasteiger partial charge is 0.363 e. The number of fused-ring (bicyclic) bond motifs is 1. The highest BCUT2D eigenvalue weighted by molar-refractivity contribution is 5.89. The summed E-state index contributed by atoms with van der Waals surface area (Å²) >= 11 is 0. The molecule has 1 N–H and O–H groups in total. The molecule has 0 aliphatic heterocycles. The fourth-order valence-electron chi connectivity index (χ4n) is 1.97. The van der Waals surface area contributed by atoms with Crippen molar-refractivity contribution in [3.63, 3.8) is 0 Å². The summed E-state index contributed by atoms with van der Waals surface area (Å²) in [6.07, 6.45) is 2.37. The summed E-state index contributed by atoms with van der Waals surface area (Å²) in [6, 6.07) is 3.44. The Kier molecular flexibility index (Phi) is 2.65. The highest BCUT2D eigenvalue weighted by Crippen LogP contribution is 2.20. The predicted molar refractivity (Wildman–Crippen MR) is 68.5 cm³/mol. The Balaban J connectivity index is 2.28. The minimum Gasteiger partial charge on any atom is -0.476 e. The van der Waals surface area contributed by atoms with Crippen LogP contribution in [0.25, 0.3) is 11.5 Å². The Hall–Kier alpha value is -3.30. The largest absolute Gasteiger partial charge is 0.476 e. The van der Waals surface area contributed by atoms with Crippen LogP contribution in [0.2, 0.25) is 0 Å². The summed E-state index contributed by atoms with van der Waals surface area (Å²) in [5.41, 5.74) is 0.146. The van der Waals surface area contributed by atoms with Gasteiger partial charge in [-0.3, -0.25) is 10.1 Å². The van der Waals surface area contributed by atoms with Crippen LogP contribution in [-0.4, -0.2) is 40.4 Å². The molecule has 3 aromatic rings. The Labute approximate surface area is 116 Å². The van der Waals surface area contributed by atoms with Gasteiger partial charge in [-0.05, 0) is 24.6 Å². The number of carboxylic acids is 1. The topological polar surface area (TPSA) is 128 Å². The summed E-state index contributed by atoms with van der Waals surface area (Å²) in [6.45, 7) is 1.81. The Morgan fingerprint density at radius 3 is 2.81 bits per heavy atom. The zero-order valence-electron chi connectivity index (χ0n) is 10.7. The van der Waals surface area contributed by atoms with Crippen LogP contribution in [0.15, 0.2) is 24.7 Å². The van der Waals surface area contributed by atoms with Gasteiger partial charge in [0, 0.05) is 0 Å². The van der Waals surface area contributed by atoms with Gasteiger partial charge in [0.25, 0.3) is 0 Å². The first-order valence-corrected chi connectivity index (χ1v) is 5.75. The summed E-state index contributed by atoms with van der Waals surface area (Å²) in [7, 11) is 0. The lowest BCUT2D eigenvalue weighted by atomic mass is 10.3. The zero-order valence-corrected chi connectivity index (χ0v) is 10.7. The maximum atomic E-state index is 11.0. The number of pyridine rings is 1. The lowest BCUT2D eigenvalue weighted by Gasteiger charge is -2.04. The number of nitrogens with zero attached hydrogens (tertiary/aromatic N) is 6. The number of nitro groups is 1. The van der Waals surface area contributed by atoms with Crippen molar-refractivity contribution in [2.75, 3.05) is 0 Å². The van der Waals surface area contributed by atoms with E-state index in [1.807, 2.05) is 6.92 Å². The molecule has 0 radical (unpaired) electrons. The Bertz CT molecular complexity index is 849. The average Bonchev–Trinajstić information content (AvgIpc) is 3.03. The first-order chi connectivity index (χ1) is 9.97. The van der Waals surface area contributed by atoms with E-state index in [1.54, 1.807) is 12.1 Å². The van der Waals surface area contributed by atoms with Crippen molar-refractivity contribution in [1.29, 1.82) is 0 Å². The molecule has 0 atom stereocenters. The van der Waals surface area contributed by atoms with Crippen molar-refractivity contribution in [2.45, 2.75) is 6.92 Å². The molecule has 0 saturated carbocycles. The molecule has 3 heterocycles. The van der Waals surface area contributed by atoms with Crippen LogP contribution < -0.4 is 0 Å². The number of hydrogen-bond donors (Lipinski definition) is 1. The van der Waals surface area contributed by atoms with Crippen LogP contribution >= 0.6 is 0 Å². The molecule has 0 saturated heterocycles. The van der Waals surface area contributed by atoms with Crippen LogP contribution in [0.5, 0.6) is 0 Å². The molecule has 0 aliphatic carbocycles. The van der Waals surface area contributed by atoms with Gasteiger partial charge in [-0.1, -0.05) is 0 Å². The van der Waals surface area contributed by atoms with E-state index in [9.17, 15) is 14.9 Å². The highest BCUT2D eigenvalue weighted by atomic mass is 16.6. The zero-order chi connectivity index (χ0) is 15.1. The second kappa shape index (κ2) is 4.37. The second-order valence-electron chi connectivity index (χ2n) is 4.29. The third-order valence-corrected chi connectivity index (χ3v) is 2.83. The van der Waals surface area contributed by atoms with Gasteiger partial charge in [0.2, 0.25) is 5.69 Å². The van der Waals surface area contributed by atoms with Crippen molar-refractivity contribution >= 4 is 17.3 Å². The van der Waals surface area contributed by atoms with Crippen molar-refractivity contribution in [3.05, 3.63) is 46.0 Å². The molecule has 0 bridgehead atoms. The molecular formula is C11H8N6O4. The van der Waals surface area contributed by atoms with E-state index in [4.69, 9.17) is 5.11 Å². The number of rotatable bonds is 3. The van der Waals surface area contributed by atoms with Gasteiger partial charge >= 0.3 is 11.7 Å². The number of hydrogen-bond acceptors (Lipinski definition) is 6. The number of carbonyl (C=O) groups is 1. The molecule has 0 unspecified atom stereocenters. The van der Waals surface area contributed by atoms with Crippen molar-refractivity contribution in [3.8, 4) is 5.82 Å². The monoisotopic (exact) mass is 288 g/mol. The quantitative estimate of drug-likeness (QED) is 0.558. The minimum atomic E-state index is -1.47. The molecule has 106 valence electrons. The third kappa shape index (κ3) is 1.98. The maximum absolute atomic E-state index is 11.0. The summed E-state index contributed by atoms with van der Waals surface area (Å²) in [5, 5.41) is 27.6. The first kappa shape index (κ1) is 12.7. The van der Waals surface area contributed by atoms with E-state index in [0.717, 1.165) is 16.4 Å². The van der Waals surface area contributed by atoms with Gasteiger partial charge in [0.1, 0.15) is 12.5 Å². The molecule has 0 aromatic carbocycles. The summed E-state index contributed by atoms with van der Waals surface area (Å²) < 4.78 is 2.52. The molecule has 21 heavy (non-hydrogen) atoms. The van der Waals surface area contributed by atoms with Gasteiger partial charge in [-0.15, -0.1) is 0 Å². The second-order valence-corrected chi connectivity index (χ2v) is 4.29. The van der Waals surface area contributed by atoms with E-state index in [2.05, 4.69) is 15.2 Å². The summed E-state index contributed by atoms with van der Waals surface area (Å²) in [5.74, 6) is -1.11. The van der Waals surface area contributed by atoms with Gasteiger partial charge < -0.3 is 5.11 Å². The van der Waals surface area contributed by atoms with Crippen LogP contribution in [0.3, 0.4) is 0 Å². The van der Waals surface area contributed by atoms with Gasteiger partial charge in [0.15, 0.2) is 11.5 Å². The molecule has 10 nitrogen and oxygen atoms in total. The fraction of sp³-hybridized carbons (Fsp3) is 0.0909. The van der Waals surface area contributed by atoms with Crippen molar-refractivity contribution in [1.82, 2.24) is 24.4 Å². The van der Waals surface area contributed by atoms with Crippen LogP contribution in [0, 0.1) is 17.0 Å². The minimum absolute atomic E-state index is 0.359. The predicted octanol–water partition coefficient (Wildman–Crippen LogP) is 0.830. The Morgan fingerprint density at radius 1 is 1.43 bits per heavy atom. The lowest BCUT2D eigenvalue weighted by molar-refractivity contribution is -0.385. The van der Waals surface area contributed by atoms with Gasteiger partial charge in [0.05, 0.1) is 4.92 Å². The van der Waals surface area contributed by atoms with Gasteiger partial charge in [-0.2, -0.15) is 14.7 Å². The molecule has 0 fully saturated rings. The number of carboxylic acid groups (broad SMARTS) is 1. The molecule has 3 rings (SSSR count). The number of aromatic carboxylic acids is 1. The molecular weight excluding hydrogens is 280 g/mol. The molecule has 0 amide bonds. The third-order valence-electron chi connectivity index (χ3n) is 2.83. The van der Waals surface area contributed by atoms with E-state index >= 15 is 0 Å². The number of aromatic nitrogens is 5. The van der Waals surface area contributed by atoms with Gasteiger partial charge in [-0.25, -0.2) is 14.5 Å². The lowest BCUT2D eigenvalue weighted by Crippen LogP contribution is -2.06. The standard InChI is InChI=1S/C11H8N6O4/c1-6-2-8-12-5-13-16(8)9(3-6)15-4-7(17(20)21)10(14-15)11(18)19/h2-5H,1H3,(H,18,19). The molecule has 3 aromatic heterocycles.